The summed E-state index contributed by atoms with van der Waals surface area (Å²) in [6.45, 7) is 4.20. The van der Waals surface area contributed by atoms with E-state index in [-0.39, 0.29) is 17.6 Å². The summed E-state index contributed by atoms with van der Waals surface area (Å²) in [5.74, 6) is 0.269. The third kappa shape index (κ3) is 5.34. The fourth-order valence-corrected chi connectivity index (χ4v) is 1.78. The molecule has 22 heavy (non-hydrogen) atoms. The van der Waals surface area contributed by atoms with Crippen LogP contribution in [0.5, 0.6) is 0 Å². The number of halogens is 2. The Bertz CT molecular complexity index is 557. The molecular formula is C16H20F2N2O2. The van der Waals surface area contributed by atoms with Crippen LogP contribution in [0.2, 0.25) is 0 Å². The van der Waals surface area contributed by atoms with Crippen molar-refractivity contribution in [2.75, 3.05) is 18.5 Å². The highest BCUT2D eigenvalue weighted by Crippen LogP contribution is 2.21. The summed E-state index contributed by atoms with van der Waals surface area (Å²) in [5.41, 5.74) is -0.694. The standard InChI is InChI=1S/C16H20F2N2O2/c1-4-11-8-12(17)14(13(18)9-11)20-15(22)19-7-5-6-16(2,3)10-21/h1,8-9,21H,5-7,10H2,2-3H3,(H2,19,20,22). The summed E-state index contributed by atoms with van der Waals surface area (Å²) in [4.78, 5) is 11.6. The zero-order chi connectivity index (χ0) is 16.8. The second-order valence-electron chi connectivity index (χ2n) is 5.77. The van der Waals surface area contributed by atoms with Crippen molar-refractivity contribution in [3.8, 4) is 12.3 Å². The molecule has 0 bridgehead atoms. The van der Waals surface area contributed by atoms with Gasteiger partial charge in [-0.3, -0.25) is 0 Å². The molecule has 4 nitrogen and oxygen atoms in total. The predicted molar refractivity (Wildman–Crippen MR) is 81.4 cm³/mol. The number of aliphatic hydroxyl groups is 1. The van der Waals surface area contributed by atoms with Gasteiger partial charge in [-0.25, -0.2) is 13.6 Å². The number of amides is 2. The minimum absolute atomic E-state index is 0.0527. The Morgan fingerprint density at radius 3 is 2.45 bits per heavy atom. The molecule has 0 aromatic heterocycles. The molecule has 0 aliphatic carbocycles. The summed E-state index contributed by atoms with van der Waals surface area (Å²) < 4.78 is 27.3. The number of carbonyl (C=O) groups is 1. The van der Waals surface area contributed by atoms with Crippen molar-refractivity contribution >= 4 is 11.7 Å². The fourth-order valence-electron chi connectivity index (χ4n) is 1.78. The second-order valence-corrected chi connectivity index (χ2v) is 5.77. The lowest BCUT2D eigenvalue weighted by atomic mass is 9.89. The van der Waals surface area contributed by atoms with Crippen molar-refractivity contribution in [1.29, 1.82) is 0 Å². The molecule has 0 fully saturated rings. The number of rotatable bonds is 6. The Morgan fingerprint density at radius 1 is 1.36 bits per heavy atom. The Labute approximate surface area is 128 Å². The van der Waals surface area contributed by atoms with Crippen LogP contribution in [0.15, 0.2) is 12.1 Å². The van der Waals surface area contributed by atoms with Crippen LogP contribution in [0, 0.1) is 29.4 Å². The monoisotopic (exact) mass is 310 g/mol. The first-order valence-electron chi connectivity index (χ1n) is 6.90. The van der Waals surface area contributed by atoms with Crippen molar-refractivity contribution in [3.05, 3.63) is 29.3 Å². The predicted octanol–water partition coefficient (Wildman–Crippen LogP) is 2.87. The van der Waals surface area contributed by atoms with Gasteiger partial charge in [0.25, 0.3) is 0 Å². The number of terminal acetylenes is 1. The molecule has 3 N–H and O–H groups in total. The number of benzene rings is 1. The molecular weight excluding hydrogens is 290 g/mol. The number of nitrogens with one attached hydrogen (secondary N) is 2. The third-order valence-corrected chi connectivity index (χ3v) is 3.19. The number of carbonyl (C=O) groups excluding carboxylic acids is 1. The normalized spacial score (nSPS) is 10.9. The van der Waals surface area contributed by atoms with Gasteiger partial charge < -0.3 is 15.7 Å². The van der Waals surface area contributed by atoms with Gasteiger partial charge in [-0.1, -0.05) is 19.8 Å². The molecule has 2 amide bonds. The van der Waals surface area contributed by atoms with Crippen LogP contribution in [0.25, 0.3) is 0 Å². The minimum Gasteiger partial charge on any atom is -0.396 e. The molecule has 0 saturated heterocycles. The van der Waals surface area contributed by atoms with E-state index in [1.165, 1.54) is 0 Å². The molecule has 1 aromatic carbocycles. The smallest absolute Gasteiger partial charge is 0.319 e. The van der Waals surface area contributed by atoms with Gasteiger partial charge in [0.15, 0.2) is 11.6 Å². The summed E-state index contributed by atoms with van der Waals surface area (Å²) in [6, 6.07) is 1.25. The topological polar surface area (TPSA) is 61.4 Å². The molecule has 0 heterocycles. The summed E-state index contributed by atoms with van der Waals surface area (Å²) in [6.07, 6.45) is 6.42. The van der Waals surface area contributed by atoms with Crippen LogP contribution < -0.4 is 10.6 Å². The quantitative estimate of drug-likeness (QED) is 0.559. The molecule has 0 aliphatic heterocycles. The van der Waals surface area contributed by atoms with Crippen LogP contribution in [-0.2, 0) is 0 Å². The number of anilines is 1. The number of aliphatic hydroxyl groups excluding tert-OH is 1. The van der Waals surface area contributed by atoms with Crippen molar-refractivity contribution in [2.45, 2.75) is 26.7 Å². The van der Waals surface area contributed by atoms with Gasteiger partial charge >= 0.3 is 6.03 Å². The van der Waals surface area contributed by atoms with Crippen LogP contribution in [0.3, 0.4) is 0 Å². The van der Waals surface area contributed by atoms with Crippen LogP contribution in [-0.4, -0.2) is 24.3 Å². The minimum atomic E-state index is -0.926. The molecule has 0 saturated carbocycles. The van der Waals surface area contributed by atoms with E-state index in [1.54, 1.807) is 0 Å². The van der Waals surface area contributed by atoms with Crippen molar-refractivity contribution < 1.29 is 18.7 Å². The maximum atomic E-state index is 13.6. The van der Waals surface area contributed by atoms with Gasteiger partial charge in [0, 0.05) is 18.7 Å². The molecule has 0 atom stereocenters. The van der Waals surface area contributed by atoms with E-state index in [2.05, 4.69) is 16.6 Å². The average Bonchev–Trinajstić information content (AvgIpc) is 2.47. The van der Waals surface area contributed by atoms with Crippen molar-refractivity contribution in [2.24, 2.45) is 5.41 Å². The zero-order valence-electron chi connectivity index (χ0n) is 12.7. The zero-order valence-corrected chi connectivity index (χ0v) is 12.7. The first-order chi connectivity index (χ1) is 10.3. The maximum Gasteiger partial charge on any atom is 0.319 e. The third-order valence-electron chi connectivity index (χ3n) is 3.19. The van der Waals surface area contributed by atoms with Crippen LogP contribution in [0.4, 0.5) is 19.3 Å². The molecule has 0 radical (unpaired) electrons. The summed E-state index contributed by atoms with van der Waals surface area (Å²) >= 11 is 0. The number of hydrogen-bond acceptors (Lipinski definition) is 2. The van der Waals surface area contributed by atoms with Gasteiger partial charge in [-0.05, 0) is 30.4 Å². The molecule has 1 aromatic rings. The lowest BCUT2D eigenvalue weighted by molar-refractivity contribution is 0.148. The van der Waals surface area contributed by atoms with Crippen LogP contribution >= 0.6 is 0 Å². The Balaban J connectivity index is 2.51. The highest BCUT2D eigenvalue weighted by atomic mass is 19.1. The average molecular weight is 310 g/mol. The van der Waals surface area contributed by atoms with Gasteiger partial charge in [0.1, 0.15) is 5.69 Å². The van der Waals surface area contributed by atoms with E-state index in [1.807, 2.05) is 13.8 Å². The molecule has 120 valence electrons. The Hall–Kier alpha value is -2.13. The van der Waals surface area contributed by atoms with E-state index < -0.39 is 23.4 Å². The number of urea groups is 1. The van der Waals surface area contributed by atoms with Crippen molar-refractivity contribution in [3.63, 3.8) is 0 Å². The molecule has 0 spiro atoms. The van der Waals surface area contributed by atoms with Gasteiger partial charge in [0.2, 0.25) is 0 Å². The maximum absolute atomic E-state index is 13.6. The fraction of sp³-hybridized carbons (Fsp3) is 0.438. The molecule has 6 heteroatoms. The lowest BCUT2D eigenvalue weighted by Crippen LogP contribution is -2.31. The lowest BCUT2D eigenvalue weighted by Gasteiger charge is -2.21. The first kappa shape index (κ1) is 17.9. The number of hydrogen-bond donors (Lipinski definition) is 3. The van der Waals surface area contributed by atoms with E-state index in [0.29, 0.717) is 19.4 Å². The summed E-state index contributed by atoms with van der Waals surface area (Å²) in [5, 5.41) is 13.7. The molecule has 0 aliphatic rings. The Kier molecular flexibility index (Phi) is 6.32. The SMILES string of the molecule is C#Cc1cc(F)c(NC(=O)NCCCC(C)(C)CO)c(F)c1. The van der Waals surface area contributed by atoms with E-state index in [0.717, 1.165) is 12.1 Å². The first-order valence-corrected chi connectivity index (χ1v) is 6.90. The Morgan fingerprint density at radius 2 is 1.95 bits per heavy atom. The van der Waals surface area contributed by atoms with E-state index >= 15 is 0 Å². The molecule has 1 rings (SSSR count). The van der Waals surface area contributed by atoms with Gasteiger partial charge in [-0.15, -0.1) is 6.42 Å². The van der Waals surface area contributed by atoms with Crippen LogP contribution in [0.1, 0.15) is 32.3 Å². The molecule has 0 unspecified atom stereocenters. The van der Waals surface area contributed by atoms with E-state index in [4.69, 9.17) is 11.5 Å². The highest BCUT2D eigenvalue weighted by molar-refractivity contribution is 5.89. The second kappa shape index (κ2) is 7.76. The van der Waals surface area contributed by atoms with Gasteiger partial charge in [-0.2, -0.15) is 0 Å². The highest BCUT2D eigenvalue weighted by Gasteiger charge is 2.16. The van der Waals surface area contributed by atoms with E-state index in [9.17, 15) is 13.6 Å². The van der Waals surface area contributed by atoms with Gasteiger partial charge in [0.05, 0.1) is 0 Å². The summed E-state index contributed by atoms with van der Waals surface area (Å²) in [7, 11) is 0. The largest absolute Gasteiger partial charge is 0.396 e. The van der Waals surface area contributed by atoms with Crippen molar-refractivity contribution in [1.82, 2.24) is 5.32 Å².